The van der Waals surface area contributed by atoms with Crippen molar-refractivity contribution in [3.8, 4) is 5.75 Å². The Balaban J connectivity index is 2.37. The number of nitrogens with zero attached hydrogens (tertiary/aromatic N) is 1. The molecule has 14 heavy (non-hydrogen) atoms. The van der Waals surface area contributed by atoms with Gasteiger partial charge in [0.15, 0.2) is 0 Å². The molecule has 3 nitrogen and oxygen atoms in total. The molecule has 0 aliphatic heterocycles. The number of hydrogen-bond donors (Lipinski definition) is 1. The van der Waals surface area contributed by atoms with Gasteiger partial charge in [0, 0.05) is 23.1 Å². The van der Waals surface area contributed by atoms with Crippen molar-refractivity contribution in [3.05, 3.63) is 22.9 Å². The summed E-state index contributed by atoms with van der Waals surface area (Å²) in [4.78, 5) is 4.02. The average molecular weight is 259 g/mol. The molecule has 1 unspecified atom stereocenters. The zero-order valence-electron chi connectivity index (χ0n) is 8.46. The Labute approximate surface area is 93.0 Å². The zero-order chi connectivity index (χ0) is 10.4. The molecule has 4 heteroatoms. The van der Waals surface area contributed by atoms with Crippen molar-refractivity contribution >= 4 is 15.9 Å². The number of aromatic nitrogens is 1. The van der Waals surface area contributed by atoms with Crippen LogP contribution in [-0.4, -0.2) is 25.2 Å². The maximum atomic E-state index is 5.57. The second kappa shape index (κ2) is 5.98. The Morgan fingerprint density at radius 3 is 3.00 bits per heavy atom. The van der Waals surface area contributed by atoms with Crippen molar-refractivity contribution in [1.29, 1.82) is 0 Å². The van der Waals surface area contributed by atoms with Crippen molar-refractivity contribution in [2.75, 3.05) is 20.2 Å². The van der Waals surface area contributed by atoms with Crippen molar-refractivity contribution in [2.45, 2.75) is 6.92 Å². The molecule has 0 spiro atoms. The number of nitrogens with one attached hydrogen (secondary N) is 1. The summed E-state index contributed by atoms with van der Waals surface area (Å²) in [5.74, 6) is 1.31. The van der Waals surface area contributed by atoms with E-state index in [1.807, 2.05) is 13.1 Å². The Kier molecular flexibility index (Phi) is 4.90. The van der Waals surface area contributed by atoms with Gasteiger partial charge in [0.2, 0.25) is 0 Å². The van der Waals surface area contributed by atoms with Crippen LogP contribution in [0.15, 0.2) is 22.9 Å². The highest BCUT2D eigenvalue weighted by atomic mass is 79.9. The lowest BCUT2D eigenvalue weighted by Gasteiger charge is -2.12. The molecule has 0 radical (unpaired) electrons. The van der Waals surface area contributed by atoms with Crippen LogP contribution in [0.1, 0.15) is 6.92 Å². The molecule has 0 fully saturated rings. The maximum Gasteiger partial charge on any atom is 0.138 e. The molecule has 1 atom stereocenters. The third-order valence-electron chi connectivity index (χ3n) is 1.77. The topological polar surface area (TPSA) is 34.1 Å². The van der Waals surface area contributed by atoms with E-state index in [1.165, 1.54) is 0 Å². The van der Waals surface area contributed by atoms with E-state index in [-0.39, 0.29) is 0 Å². The summed E-state index contributed by atoms with van der Waals surface area (Å²) in [5, 5.41) is 3.11. The predicted octanol–water partition coefficient (Wildman–Crippen LogP) is 2.08. The van der Waals surface area contributed by atoms with E-state index >= 15 is 0 Å². The van der Waals surface area contributed by atoms with E-state index in [9.17, 15) is 0 Å². The third kappa shape index (κ3) is 4.07. The minimum absolute atomic E-state index is 0.499. The molecular formula is C10H15BrN2O. The summed E-state index contributed by atoms with van der Waals surface area (Å²) in [6.45, 7) is 3.81. The van der Waals surface area contributed by atoms with Gasteiger partial charge in [0.25, 0.3) is 0 Å². The smallest absolute Gasteiger partial charge is 0.138 e. The van der Waals surface area contributed by atoms with Crippen molar-refractivity contribution in [1.82, 2.24) is 10.3 Å². The summed E-state index contributed by atoms with van der Waals surface area (Å²) >= 11 is 3.35. The molecule has 1 rings (SSSR count). The molecule has 0 aliphatic carbocycles. The average Bonchev–Trinajstić information content (AvgIpc) is 2.15. The fourth-order valence-electron chi connectivity index (χ4n) is 1.12. The lowest BCUT2D eigenvalue weighted by molar-refractivity contribution is 0.257. The van der Waals surface area contributed by atoms with Crippen LogP contribution in [0.5, 0.6) is 5.75 Å². The standard InChI is InChI=1S/C10H15BrN2O/c1-8(4-12-2)7-14-10-3-9(11)5-13-6-10/h3,5-6,8,12H,4,7H2,1-2H3. The summed E-state index contributed by atoms with van der Waals surface area (Å²) in [7, 11) is 1.94. The minimum atomic E-state index is 0.499. The summed E-state index contributed by atoms with van der Waals surface area (Å²) in [6, 6.07) is 1.92. The second-order valence-electron chi connectivity index (χ2n) is 3.31. The normalized spacial score (nSPS) is 12.5. The quantitative estimate of drug-likeness (QED) is 0.879. The van der Waals surface area contributed by atoms with Crippen LogP contribution < -0.4 is 10.1 Å². The number of ether oxygens (including phenoxy) is 1. The monoisotopic (exact) mass is 258 g/mol. The molecule has 0 bridgehead atoms. The largest absolute Gasteiger partial charge is 0.492 e. The molecule has 0 saturated carbocycles. The summed E-state index contributed by atoms with van der Waals surface area (Å²) < 4.78 is 6.51. The van der Waals surface area contributed by atoms with E-state index in [1.54, 1.807) is 12.4 Å². The highest BCUT2D eigenvalue weighted by Gasteiger charge is 2.02. The molecule has 0 aromatic carbocycles. The van der Waals surface area contributed by atoms with Crippen LogP contribution in [0.3, 0.4) is 0 Å². The van der Waals surface area contributed by atoms with Gasteiger partial charge < -0.3 is 10.1 Å². The highest BCUT2D eigenvalue weighted by molar-refractivity contribution is 9.10. The summed E-state index contributed by atoms with van der Waals surface area (Å²) in [5.41, 5.74) is 0. The van der Waals surface area contributed by atoms with Gasteiger partial charge in [-0.25, -0.2) is 0 Å². The van der Waals surface area contributed by atoms with Gasteiger partial charge in [-0.3, -0.25) is 4.98 Å². The van der Waals surface area contributed by atoms with E-state index in [4.69, 9.17) is 4.74 Å². The highest BCUT2D eigenvalue weighted by Crippen LogP contribution is 2.16. The fraction of sp³-hybridized carbons (Fsp3) is 0.500. The van der Waals surface area contributed by atoms with Gasteiger partial charge in [-0.2, -0.15) is 0 Å². The van der Waals surface area contributed by atoms with E-state index in [2.05, 4.69) is 33.2 Å². The van der Waals surface area contributed by atoms with Crippen LogP contribution in [0.4, 0.5) is 0 Å². The van der Waals surface area contributed by atoms with Gasteiger partial charge in [0.1, 0.15) is 5.75 Å². The first-order valence-electron chi connectivity index (χ1n) is 4.60. The third-order valence-corrected chi connectivity index (χ3v) is 2.20. The number of pyridine rings is 1. The first-order valence-corrected chi connectivity index (χ1v) is 5.39. The molecule has 0 aliphatic rings. The molecule has 1 heterocycles. The van der Waals surface area contributed by atoms with Crippen LogP contribution in [0.25, 0.3) is 0 Å². The van der Waals surface area contributed by atoms with Gasteiger partial charge in [-0.15, -0.1) is 0 Å². The maximum absolute atomic E-state index is 5.57. The number of hydrogen-bond acceptors (Lipinski definition) is 3. The SMILES string of the molecule is CNCC(C)COc1cncc(Br)c1. The zero-order valence-corrected chi connectivity index (χ0v) is 10.0. The lowest BCUT2D eigenvalue weighted by atomic mass is 10.2. The predicted molar refractivity (Wildman–Crippen MR) is 60.5 cm³/mol. The molecule has 0 saturated heterocycles. The molecular weight excluding hydrogens is 244 g/mol. The Hall–Kier alpha value is -0.610. The fourth-order valence-corrected chi connectivity index (χ4v) is 1.46. The van der Waals surface area contributed by atoms with Crippen LogP contribution >= 0.6 is 15.9 Å². The van der Waals surface area contributed by atoms with Gasteiger partial charge in [-0.1, -0.05) is 6.92 Å². The van der Waals surface area contributed by atoms with E-state index < -0.39 is 0 Å². The Morgan fingerprint density at radius 2 is 2.36 bits per heavy atom. The second-order valence-corrected chi connectivity index (χ2v) is 4.23. The van der Waals surface area contributed by atoms with Gasteiger partial charge in [0.05, 0.1) is 12.8 Å². The molecule has 78 valence electrons. The Morgan fingerprint density at radius 1 is 1.57 bits per heavy atom. The first kappa shape index (κ1) is 11.5. The number of rotatable bonds is 5. The molecule has 1 N–H and O–H groups in total. The molecule has 0 amide bonds. The van der Waals surface area contributed by atoms with E-state index in [0.29, 0.717) is 12.5 Å². The first-order chi connectivity index (χ1) is 6.72. The van der Waals surface area contributed by atoms with Crippen molar-refractivity contribution in [3.63, 3.8) is 0 Å². The lowest BCUT2D eigenvalue weighted by Crippen LogP contribution is -2.21. The van der Waals surface area contributed by atoms with Crippen LogP contribution in [-0.2, 0) is 0 Å². The van der Waals surface area contributed by atoms with Crippen LogP contribution in [0, 0.1) is 5.92 Å². The molecule has 1 aromatic rings. The number of halogens is 1. The van der Waals surface area contributed by atoms with Gasteiger partial charge in [-0.05, 0) is 29.0 Å². The minimum Gasteiger partial charge on any atom is -0.492 e. The summed E-state index contributed by atoms with van der Waals surface area (Å²) in [6.07, 6.45) is 3.46. The van der Waals surface area contributed by atoms with Gasteiger partial charge >= 0.3 is 0 Å². The van der Waals surface area contributed by atoms with E-state index in [0.717, 1.165) is 16.8 Å². The van der Waals surface area contributed by atoms with Crippen molar-refractivity contribution in [2.24, 2.45) is 5.92 Å². The van der Waals surface area contributed by atoms with Crippen LogP contribution in [0.2, 0.25) is 0 Å². The van der Waals surface area contributed by atoms with Crippen molar-refractivity contribution < 1.29 is 4.74 Å². The molecule has 1 aromatic heterocycles. The Bertz CT molecular complexity index is 281.